The lowest BCUT2D eigenvalue weighted by Gasteiger charge is -2.12. The molecular formula is C10H14O. The van der Waals surface area contributed by atoms with Crippen LogP contribution in [0, 0.1) is 17.8 Å². The second kappa shape index (κ2) is 2.82. The third-order valence-corrected chi connectivity index (χ3v) is 2.82. The summed E-state index contributed by atoms with van der Waals surface area (Å²) in [4.78, 5) is 0. The van der Waals surface area contributed by atoms with Gasteiger partial charge in [-0.15, -0.1) is 0 Å². The van der Waals surface area contributed by atoms with E-state index in [4.69, 9.17) is 5.11 Å². The average molecular weight is 150 g/mol. The van der Waals surface area contributed by atoms with E-state index < -0.39 is 0 Å². The molecule has 60 valence electrons. The number of hydrogen-bond acceptors (Lipinski definition) is 1. The first kappa shape index (κ1) is 7.11. The first-order valence-corrected chi connectivity index (χ1v) is 4.36. The molecule has 2 rings (SSSR count). The van der Waals surface area contributed by atoms with Crippen LogP contribution in [-0.4, -0.2) is 11.7 Å². The molecule has 2 aliphatic carbocycles. The summed E-state index contributed by atoms with van der Waals surface area (Å²) in [5, 5.41) is 8.59. The fourth-order valence-corrected chi connectivity index (χ4v) is 2.28. The predicted octanol–water partition coefficient (Wildman–Crippen LogP) is 1.75. The SMILES string of the molecule is OC/C=C/C1CC2C=CC1C2. The zero-order valence-corrected chi connectivity index (χ0v) is 6.61. The van der Waals surface area contributed by atoms with E-state index in [1.54, 1.807) is 0 Å². The van der Waals surface area contributed by atoms with Crippen molar-refractivity contribution in [3.05, 3.63) is 24.3 Å². The Hall–Kier alpha value is -0.560. The molecule has 2 aliphatic rings. The fraction of sp³-hybridized carbons (Fsp3) is 0.600. The summed E-state index contributed by atoms with van der Waals surface area (Å²) in [6.45, 7) is 0.192. The minimum atomic E-state index is 0.192. The van der Waals surface area contributed by atoms with Gasteiger partial charge in [-0.2, -0.15) is 0 Å². The van der Waals surface area contributed by atoms with Crippen LogP contribution in [0.5, 0.6) is 0 Å². The van der Waals surface area contributed by atoms with Crippen LogP contribution in [-0.2, 0) is 0 Å². The van der Waals surface area contributed by atoms with Crippen LogP contribution < -0.4 is 0 Å². The van der Waals surface area contributed by atoms with Gasteiger partial charge in [-0.25, -0.2) is 0 Å². The predicted molar refractivity (Wildman–Crippen MR) is 45.1 cm³/mol. The molecule has 0 radical (unpaired) electrons. The van der Waals surface area contributed by atoms with Crippen LogP contribution in [0.1, 0.15) is 12.8 Å². The van der Waals surface area contributed by atoms with Crippen molar-refractivity contribution in [3.63, 3.8) is 0 Å². The minimum Gasteiger partial charge on any atom is -0.392 e. The molecule has 0 heterocycles. The zero-order chi connectivity index (χ0) is 7.68. The van der Waals surface area contributed by atoms with Crippen LogP contribution in [0.25, 0.3) is 0 Å². The van der Waals surface area contributed by atoms with Crippen molar-refractivity contribution >= 4 is 0 Å². The summed E-state index contributed by atoms with van der Waals surface area (Å²) in [5.74, 6) is 2.34. The molecule has 0 spiro atoms. The van der Waals surface area contributed by atoms with E-state index >= 15 is 0 Å². The Bertz CT molecular complexity index is 193. The Morgan fingerprint density at radius 3 is 2.82 bits per heavy atom. The maximum atomic E-state index is 8.59. The third kappa shape index (κ3) is 1.25. The summed E-state index contributed by atoms with van der Waals surface area (Å²) in [7, 11) is 0. The average Bonchev–Trinajstić information content (AvgIpc) is 2.60. The van der Waals surface area contributed by atoms with E-state index in [0.29, 0.717) is 0 Å². The topological polar surface area (TPSA) is 20.2 Å². The van der Waals surface area contributed by atoms with Crippen LogP contribution >= 0.6 is 0 Å². The number of allylic oxidation sites excluding steroid dienone is 3. The van der Waals surface area contributed by atoms with E-state index in [1.807, 2.05) is 6.08 Å². The zero-order valence-electron chi connectivity index (χ0n) is 6.61. The lowest BCUT2D eigenvalue weighted by molar-refractivity contribution is 0.341. The van der Waals surface area contributed by atoms with Gasteiger partial charge in [-0.05, 0) is 30.6 Å². The molecule has 1 heteroatoms. The fourth-order valence-electron chi connectivity index (χ4n) is 2.28. The molecule has 0 aromatic carbocycles. The molecule has 0 aromatic rings. The molecule has 1 saturated carbocycles. The maximum Gasteiger partial charge on any atom is 0.0612 e. The van der Waals surface area contributed by atoms with Crippen molar-refractivity contribution in [2.45, 2.75) is 12.8 Å². The van der Waals surface area contributed by atoms with Crippen molar-refractivity contribution in [2.75, 3.05) is 6.61 Å². The lowest BCUT2D eigenvalue weighted by atomic mass is 9.93. The molecule has 0 aromatic heterocycles. The van der Waals surface area contributed by atoms with E-state index in [2.05, 4.69) is 18.2 Å². The summed E-state index contributed by atoms with van der Waals surface area (Å²) >= 11 is 0. The number of hydrogen-bond donors (Lipinski definition) is 1. The molecule has 0 saturated heterocycles. The Morgan fingerprint density at radius 1 is 1.36 bits per heavy atom. The van der Waals surface area contributed by atoms with Crippen LogP contribution in [0.4, 0.5) is 0 Å². The molecule has 2 bridgehead atoms. The number of fused-ring (bicyclic) bond motifs is 2. The van der Waals surface area contributed by atoms with Crippen molar-refractivity contribution in [1.82, 2.24) is 0 Å². The highest BCUT2D eigenvalue weighted by atomic mass is 16.2. The van der Waals surface area contributed by atoms with E-state index in [-0.39, 0.29) is 6.61 Å². The van der Waals surface area contributed by atoms with Gasteiger partial charge in [-0.3, -0.25) is 0 Å². The number of aliphatic hydroxyl groups is 1. The lowest BCUT2D eigenvalue weighted by Crippen LogP contribution is -2.02. The quantitative estimate of drug-likeness (QED) is 0.594. The molecule has 1 fully saturated rings. The van der Waals surface area contributed by atoms with E-state index in [0.717, 1.165) is 17.8 Å². The van der Waals surface area contributed by atoms with Crippen LogP contribution in [0.15, 0.2) is 24.3 Å². The van der Waals surface area contributed by atoms with Gasteiger partial charge in [0.05, 0.1) is 6.61 Å². The Morgan fingerprint density at radius 2 is 2.27 bits per heavy atom. The summed E-state index contributed by atoms with van der Waals surface area (Å²) in [5.41, 5.74) is 0. The van der Waals surface area contributed by atoms with Crippen molar-refractivity contribution in [2.24, 2.45) is 17.8 Å². The van der Waals surface area contributed by atoms with Gasteiger partial charge in [0, 0.05) is 0 Å². The number of rotatable bonds is 2. The van der Waals surface area contributed by atoms with E-state index in [9.17, 15) is 0 Å². The molecule has 0 aliphatic heterocycles. The second-order valence-corrected chi connectivity index (χ2v) is 3.55. The van der Waals surface area contributed by atoms with Gasteiger partial charge in [0.15, 0.2) is 0 Å². The highest BCUT2D eigenvalue weighted by Gasteiger charge is 2.33. The molecule has 11 heavy (non-hydrogen) atoms. The largest absolute Gasteiger partial charge is 0.392 e. The normalized spacial score (nSPS) is 41.0. The van der Waals surface area contributed by atoms with Gasteiger partial charge in [0.1, 0.15) is 0 Å². The van der Waals surface area contributed by atoms with E-state index in [1.165, 1.54) is 12.8 Å². The van der Waals surface area contributed by atoms with Gasteiger partial charge in [0.25, 0.3) is 0 Å². The summed E-state index contributed by atoms with van der Waals surface area (Å²) in [6.07, 6.45) is 11.4. The summed E-state index contributed by atoms with van der Waals surface area (Å²) < 4.78 is 0. The van der Waals surface area contributed by atoms with Crippen molar-refractivity contribution < 1.29 is 5.11 Å². The second-order valence-electron chi connectivity index (χ2n) is 3.55. The summed E-state index contributed by atoms with van der Waals surface area (Å²) in [6, 6.07) is 0. The number of aliphatic hydroxyl groups excluding tert-OH is 1. The third-order valence-electron chi connectivity index (χ3n) is 2.82. The highest BCUT2D eigenvalue weighted by Crippen LogP contribution is 2.43. The standard InChI is InChI=1S/C10H14O/c11-5-1-2-9-6-8-3-4-10(9)7-8/h1-4,8-11H,5-7H2/b2-1+. The molecule has 1 N–H and O–H groups in total. The van der Waals surface area contributed by atoms with Gasteiger partial charge < -0.3 is 5.11 Å². The smallest absolute Gasteiger partial charge is 0.0612 e. The highest BCUT2D eigenvalue weighted by molar-refractivity contribution is 5.14. The monoisotopic (exact) mass is 150 g/mol. The minimum absolute atomic E-state index is 0.192. The van der Waals surface area contributed by atoms with Crippen LogP contribution in [0.2, 0.25) is 0 Å². The molecule has 1 nitrogen and oxygen atoms in total. The Kier molecular flexibility index (Phi) is 1.82. The molecule has 0 amide bonds. The Balaban J connectivity index is 1.98. The molecular weight excluding hydrogens is 136 g/mol. The van der Waals surface area contributed by atoms with Crippen LogP contribution in [0.3, 0.4) is 0 Å². The first-order chi connectivity index (χ1) is 5.40. The van der Waals surface area contributed by atoms with Crippen molar-refractivity contribution in [3.8, 4) is 0 Å². The van der Waals surface area contributed by atoms with Gasteiger partial charge >= 0.3 is 0 Å². The Labute approximate surface area is 67.4 Å². The first-order valence-electron chi connectivity index (χ1n) is 4.36. The van der Waals surface area contributed by atoms with Crippen molar-refractivity contribution in [1.29, 1.82) is 0 Å². The van der Waals surface area contributed by atoms with Gasteiger partial charge in [-0.1, -0.05) is 24.3 Å². The molecule has 3 atom stereocenters. The maximum absolute atomic E-state index is 8.59. The van der Waals surface area contributed by atoms with Gasteiger partial charge in [0.2, 0.25) is 0 Å². The molecule has 3 unspecified atom stereocenters.